The minimum Gasteiger partial charge on any atom is -0.365 e. The van der Waals surface area contributed by atoms with Crippen LogP contribution in [0.2, 0.25) is 0 Å². The number of carbonyl (C=O) groups excluding carboxylic acids is 1. The van der Waals surface area contributed by atoms with E-state index in [4.69, 9.17) is 16.7 Å². The molecule has 1 aliphatic carbocycles. The number of pyridine rings is 1. The summed E-state index contributed by atoms with van der Waals surface area (Å²) in [5.41, 5.74) is 15.8. The summed E-state index contributed by atoms with van der Waals surface area (Å²) in [4.78, 5) is 19.1. The summed E-state index contributed by atoms with van der Waals surface area (Å²) in [6.07, 6.45) is 6.96. The molecule has 0 unspecified atom stereocenters. The van der Waals surface area contributed by atoms with Crippen LogP contribution < -0.4 is 16.4 Å². The quantitative estimate of drug-likeness (QED) is 0.657. The Hall–Kier alpha value is -3.44. The highest BCUT2D eigenvalue weighted by Crippen LogP contribution is 2.33. The van der Waals surface area contributed by atoms with Crippen LogP contribution in [0.1, 0.15) is 55.5 Å². The molecule has 0 aliphatic heterocycles. The van der Waals surface area contributed by atoms with Gasteiger partial charge in [-0.2, -0.15) is 10.4 Å². The third-order valence-corrected chi connectivity index (χ3v) is 6.01. The average Bonchev–Trinajstić information content (AvgIpc) is 3.18. The second-order valence-corrected chi connectivity index (χ2v) is 8.43. The van der Waals surface area contributed by atoms with E-state index >= 15 is 0 Å². The van der Waals surface area contributed by atoms with Gasteiger partial charge < -0.3 is 16.4 Å². The van der Waals surface area contributed by atoms with Crippen LogP contribution in [0.4, 0.5) is 5.69 Å². The minimum atomic E-state index is -0.496. The number of nitriles is 1. The van der Waals surface area contributed by atoms with Crippen LogP contribution in [0.5, 0.6) is 0 Å². The van der Waals surface area contributed by atoms with Crippen molar-refractivity contribution < 1.29 is 4.79 Å². The van der Waals surface area contributed by atoms with Crippen LogP contribution in [-0.4, -0.2) is 38.6 Å². The van der Waals surface area contributed by atoms with Gasteiger partial charge in [0.1, 0.15) is 6.07 Å². The highest BCUT2D eigenvalue weighted by Gasteiger charge is 2.29. The van der Waals surface area contributed by atoms with Gasteiger partial charge in [-0.25, -0.2) is 4.52 Å². The summed E-state index contributed by atoms with van der Waals surface area (Å²) >= 11 is 0. The molecule has 31 heavy (non-hydrogen) atoms. The molecule has 1 saturated carbocycles. The topological polar surface area (TPSA) is 126 Å². The predicted molar refractivity (Wildman–Crippen MR) is 120 cm³/mol. The van der Waals surface area contributed by atoms with E-state index in [9.17, 15) is 4.79 Å². The Kier molecular flexibility index (Phi) is 5.61. The van der Waals surface area contributed by atoms with E-state index in [0.717, 1.165) is 42.6 Å². The van der Waals surface area contributed by atoms with Crippen molar-refractivity contribution >= 4 is 17.1 Å². The van der Waals surface area contributed by atoms with Gasteiger partial charge in [-0.1, -0.05) is 0 Å². The van der Waals surface area contributed by atoms with Crippen LogP contribution in [0.15, 0.2) is 36.7 Å². The molecule has 3 aromatic rings. The summed E-state index contributed by atoms with van der Waals surface area (Å²) in [5, 5.41) is 13.5. The molecule has 0 saturated heterocycles. The molecule has 8 nitrogen and oxygen atoms in total. The number of hydrogen-bond donors (Lipinski definition) is 2. The van der Waals surface area contributed by atoms with Crippen molar-refractivity contribution in [3.8, 4) is 17.5 Å². The van der Waals surface area contributed by atoms with Crippen molar-refractivity contribution in [2.24, 2.45) is 11.5 Å². The highest BCUT2D eigenvalue weighted by atomic mass is 16.1. The van der Waals surface area contributed by atoms with Gasteiger partial charge in [-0.15, -0.1) is 0 Å². The predicted octanol–water partition coefficient (Wildman–Crippen LogP) is 2.85. The zero-order valence-corrected chi connectivity index (χ0v) is 17.8. The van der Waals surface area contributed by atoms with Crippen molar-refractivity contribution in [1.29, 1.82) is 5.26 Å². The van der Waals surface area contributed by atoms with Crippen molar-refractivity contribution in [2.45, 2.75) is 57.7 Å². The number of nitrogens with zero attached hydrogens (tertiary/aromatic N) is 5. The lowest BCUT2D eigenvalue weighted by Crippen LogP contribution is -2.45. The molecule has 1 fully saturated rings. The monoisotopic (exact) mass is 417 g/mol. The maximum absolute atomic E-state index is 12.3. The van der Waals surface area contributed by atoms with E-state index in [1.54, 1.807) is 16.8 Å². The third kappa shape index (κ3) is 3.97. The minimum absolute atomic E-state index is 0.174. The van der Waals surface area contributed by atoms with Crippen LogP contribution in [0, 0.1) is 11.3 Å². The van der Waals surface area contributed by atoms with Gasteiger partial charge in [0.05, 0.1) is 39.9 Å². The van der Waals surface area contributed by atoms with Crippen LogP contribution in [-0.2, 0) is 0 Å². The number of anilines is 1. The van der Waals surface area contributed by atoms with Crippen molar-refractivity contribution in [1.82, 2.24) is 14.6 Å². The SMILES string of the molecule is CC(C)N(c1cc(-c2ccc3cc(C#N)cnn23)ncc1C(N)=O)C1CCC(N)CC1. The first-order valence-corrected chi connectivity index (χ1v) is 10.6. The molecule has 0 spiro atoms. The number of hydrogen-bond acceptors (Lipinski definition) is 6. The maximum Gasteiger partial charge on any atom is 0.252 e. The van der Waals surface area contributed by atoms with Gasteiger partial charge in [0.15, 0.2) is 0 Å². The molecule has 0 aromatic carbocycles. The zero-order chi connectivity index (χ0) is 22.1. The molecular weight excluding hydrogens is 390 g/mol. The number of aromatic nitrogens is 3. The van der Waals surface area contributed by atoms with E-state index in [1.165, 1.54) is 6.20 Å². The van der Waals surface area contributed by atoms with Gasteiger partial charge >= 0.3 is 0 Å². The Balaban J connectivity index is 1.81. The van der Waals surface area contributed by atoms with E-state index < -0.39 is 5.91 Å². The zero-order valence-electron chi connectivity index (χ0n) is 17.8. The Labute approximate surface area is 181 Å². The summed E-state index contributed by atoms with van der Waals surface area (Å²) in [7, 11) is 0. The molecule has 3 heterocycles. The fraction of sp³-hybridized carbons (Fsp3) is 0.391. The molecule has 8 heteroatoms. The Morgan fingerprint density at radius 1 is 1.23 bits per heavy atom. The van der Waals surface area contributed by atoms with Crippen molar-refractivity contribution in [3.05, 3.63) is 47.8 Å². The Morgan fingerprint density at radius 3 is 2.61 bits per heavy atom. The van der Waals surface area contributed by atoms with Gasteiger partial charge in [0, 0.05) is 24.3 Å². The lowest BCUT2D eigenvalue weighted by atomic mass is 9.89. The molecule has 1 aliphatic rings. The standard InChI is InChI=1S/C23H27N7O/c1-14(2)29(17-5-3-16(25)4-6-17)22-10-20(27-13-19(22)23(26)31)21-8-7-18-9-15(11-24)12-28-30(18)21/h7-10,12-14,16-17H,3-6,25H2,1-2H3,(H2,26,31). The summed E-state index contributed by atoms with van der Waals surface area (Å²) in [6, 6.07) is 10.3. The molecule has 0 bridgehead atoms. The third-order valence-electron chi connectivity index (χ3n) is 6.01. The molecule has 0 atom stereocenters. The van der Waals surface area contributed by atoms with E-state index in [2.05, 4.69) is 34.9 Å². The lowest BCUT2D eigenvalue weighted by Gasteiger charge is -2.41. The van der Waals surface area contributed by atoms with Crippen LogP contribution in [0.3, 0.4) is 0 Å². The van der Waals surface area contributed by atoms with E-state index in [-0.39, 0.29) is 18.1 Å². The summed E-state index contributed by atoms with van der Waals surface area (Å²) in [5.74, 6) is -0.496. The number of amides is 1. The first kappa shape index (κ1) is 20.8. The van der Waals surface area contributed by atoms with Gasteiger partial charge in [-0.3, -0.25) is 9.78 Å². The number of nitrogens with two attached hydrogens (primary N) is 2. The molecule has 4 N–H and O–H groups in total. The van der Waals surface area contributed by atoms with Gasteiger partial charge in [0.2, 0.25) is 0 Å². The molecular formula is C23H27N7O. The van der Waals surface area contributed by atoms with Gasteiger partial charge in [-0.05, 0) is 63.8 Å². The highest BCUT2D eigenvalue weighted by molar-refractivity contribution is 5.99. The van der Waals surface area contributed by atoms with Gasteiger partial charge in [0.25, 0.3) is 5.91 Å². The fourth-order valence-electron chi connectivity index (χ4n) is 4.52. The first-order valence-electron chi connectivity index (χ1n) is 10.6. The second kappa shape index (κ2) is 8.36. The number of rotatable bonds is 5. The molecule has 1 amide bonds. The lowest BCUT2D eigenvalue weighted by molar-refractivity contribution is 0.1000. The largest absolute Gasteiger partial charge is 0.365 e. The summed E-state index contributed by atoms with van der Waals surface area (Å²) in [6.45, 7) is 4.24. The number of carbonyl (C=O) groups is 1. The van der Waals surface area contributed by atoms with Crippen molar-refractivity contribution in [3.63, 3.8) is 0 Å². The average molecular weight is 418 g/mol. The smallest absolute Gasteiger partial charge is 0.252 e. The maximum atomic E-state index is 12.3. The van der Waals surface area contributed by atoms with Crippen LogP contribution >= 0.6 is 0 Å². The molecule has 0 radical (unpaired) electrons. The molecule has 4 rings (SSSR count). The van der Waals surface area contributed by atoms with E-state index in [1.807, 2.05) is 18.2 Å². The number of fused-ring (bicyclic) bond motifs is 1. The Morgan fingerprint density at radius 2 is 1.97 bits per heavy atom. The van der Waals surface area contributed by atoms with E-state index in [0.29, 0.717) is 16.8 Å². The Bertz CT molecular complexity index is 1150. The second-order valence-electron chi connectivity index (χ2n) is 8.43. The summed E-state index contributed by atoms with van der Waals surface area (Å²) < 4.78 is 1.75. The fourth-order valence-corrected chi connectivity index (χ4v) is 4.52. The normalized spacial score (nSPS) is 18.8. The molecule has 160 valence electrons. The van der Waals surface area contributed by atoms with Crippen LogP contribution in [0.25, 0.3) is 16.9 Å². The molecule has 3 aromatic heterocycles. The number of primary amides is 1. The first-order chi connectivity index (χ1) is 14.9. The van der Waals surface area contributed by atoms with Crippen molar-refractivity contribution in [2.75, 3.05) is 4.90 Å².